The Bertz CT molecular complexity index is 830. The minimum absolute atomic E-state index is 0.0228. The first kappa shape index (κ1) is 20.1. The van der Waals surface area contributed by atoms with Crippen molar-refractivity contribution in [1.82, 2.24) is 0 Å². The van der Waals surface area contributed by atoms with Gasteiger partial charge in [-0.1, -0.05) is 50.2 Å². The van der Waals surface area contributed by atoms with Crippen LogP contribution in [0.1, 0.15) is 36.5 Å². The Morgan fingerprint density at radius 2 is 1.68 bits per heavy atom. The second-order valence-electron chi connectivity index (χ2n) is 7.96. The molecule has 1 aliphatic heterocycles. The van der Waals surface area contributed by atoms with Crippen LogP contribution in [0, 0.1) is 11.3 Å². The third-order valence-electron chi connectivity index (χ3n) is 5.50. The highest BCUT2D eigenvalue weighted by Gasteiger charge is 2.25. The van der Waals surface area contributed by atoms with Gasteiger partial charge in [-0.2, -0.15) is 5.26 Å². The molecule has 1 amide bonds. The monoisotopic (exact) mass is 378 g/mol. The van der Waals surface area contributed by atoms with Crippen molar-refractivity contribution < 1.29 is 14.6 Å². The Labute approximate surface area is 167 Å². The highest BCUT2D eigenvalue weighted by molar-refractivity contribution is 5.92. The summed E-state index contributed by atoms with van der Waals surface area (Å²) in [7, 11) is 0. The number of piperazine rings is 1. The van der Waals surface area contributed by atoms with Crippen molar-refractivity contribution in [3.8, 4) is 6.07 Å². The van der Waals surface area contributed by atoms with Crippen LogP contribution in [-0.4, -0.2) is 38.6 Å². The maximum absolute atomic E-state index is 12.4. The molecule has 1 aliphatic rings. The summed E-state index contributed by atoms with van der Waals surface area (Å²) in [6, 6.07) is 18.2. The molecular formula is C23H30N4O+2. The molecule has 2 aromatic carbocycles. The largest absolute Gasteiger partial charge is 0.322 e. The van der Waals surface area contributed by atoms with Gasteiger partial charge in [0.15, 0.2) is 6.54 Å². The molecule has 5 heteroatoms. The number of rotatable bonds is 6. The average Bonchev–Trinajstić information content (AvgIpc) is 2.70. The number of benzene rings is 2. The van der Waals surface area contributed by atoms with Crippen molar-refractivity contribution in [3.63, 3.8) is 0 Å². The van der Waals surface area contributed by atoms with E-state index in [4.69, 9.17) is 5.26 Å². The van der Waals surface area contributed by atoms with Gasteiger partial charge >= 0.3 is 0 Å². The number of carbonyl (C=O) groups is 1. The number of anilines is 1. The summed E-state index contributed by atoms with van der Waals surface area (Å²) in [5, 5.41) is 12.0. The van der Waals surface area contributed by atoms with Crippen molar-refractivity contribution >= 4 is 11.6 Å². The number of nitrogens with zero attached hydrogens (tertiary/aromatic N) is 1. The molecule has 146 valence electrons. The van der Waals surface area contributed by atoms with Gasteiger partial charge in [0.25, 0.3) is 5.91 Å². The molecule has 2 aromatic rings. The summed E-state index contributed by atoms with van der Waals surface area (Å²) in [6.07, 6.45) is 0. The molecule has 0 bridgehead atoms. The molecule has 1 saturated heterocycles. The molecule has 0 radical (unpaired) electrons. The molecule has 1 heterocycles. The number of nitrogens with one attached hydrogen (secondary N) is 3. The van der Waals surface area contributed by atoms with Crippen LogP contribution in [-0.2, 0) is 11.3 Å². The number of nitriles is 1. The van der Waals surface area contributed by atoms with E-state index >= 15 is 0 Å². The van der Waals surface area contributed by atoms with Crippen LogP contribution in [0.2, 0.25) is 0 Å². The lowest BCUT2D eigenvalue weighted by molar-refractivity contribution is -1.02. The molecule has 0 spiro atoms. The van der Waals surface area contributed by atoms with Crippen molar-refractivity contribution in [1.29, 1.82) is 5.26 Å². The van der Waals surface area contributed by atoms with E-state index in [9.17, 15) is 4.79 Å². The fourth-order valence-electron chi connectivity index (χ4n) is 3.73. The molecule has 1 fully saturated rings. The van der Waals surface area contributed by atoms with Gasteiger partial charge in [-0.25, -0.2) is 0 Å². The van der Waals surface area contributed by atoms with Crippen LogP contribution >= 0.6 is 0 Å². The molecular weight excluding hydrogens is 348 g/mol. The van der Waals surface area contributed by atoms with Crippen LogP contribution in [0.5, 0.6) is 0 Å². The van der Waals surface area contributed by atoms with Gasteiger partial charge in [-0.3, -0.25) is 4.79 Å². The van der Waals surface area contributed by atoms with Crippen LogP contribution in [0.4, 0.5) is 5.69 Å². The topological polar surface area (TPSA) is 61.8 Å². The standard InChI is InChI=1S/C23H28N4O/c1-18(2)20-9-7-19(8-10-20)16-26-11-13-27(14-12-26)17-23(28)25-22-6-4-3-5-21(22)15-24/h3-10,18H,11-14,16-17H2,1-2H3,(H,25,28)/p+2. The molecule has 3 rings (SSSR count). The van der Waals surface area contributed by atoms with E-state index < -0.39 is 0 Å². The van der Waals surface area contributed by atoms with E-state index in [0.717, 1.165) is 32.7 Å². The lowest BCUT2D eigenvalue weighted by atomic mass is 10.0. The second-order valence-corrected chi connectivity index (χ2v) is 7.96. The summed E-state index contributed by atoms with van der Waals surface area (Å²) in [4.78, 5) is 15.3. The quantitative estimate of drug-likeness (QED) is 0.690. The number of quaternary nitrogens is 2. The number of carbonyl (C=O) groups excluding carboxylic acids is 1. The van der Waals surface area contributed by atoms with E-state index in [2.05, 4.69) is 49.5 Å². The molecule has 5 nitrogen and oxygen atoms in total. The van der Waals surface area contributed by atoms with Crippen molar-refractivity contribution in [2.24, 2.45) is 0 Å². The van der Waals surface area contributed by atoms with Gasteiger partial charge in [0.1, 0.15) is 38.8 Å². The van der Waals surface area contributed by atoms with Gasteiger partial charge in [0, 0.05) is 5.56 Å². The van der Waals surface area contributed by atoms with Gasteiger partial charge < -0.3 is 15.1 Å². The van der Waals surface area contributed by atoms with Crippen LogP contribution in [0.25, 0.3) is 0 Å². The molecule has 0 aromatic heterocycles. The maximum Gasteiger partial charge on any atom is 0.279 e. The third-order valence-corrected chi connectivity index (χ3v) is 5.50. The Morgan fingerprint density at radius 3 is 2.32 bits per heavy atom. The number of hydrogen-bond donors (Lipinski definition) is 3. The second kappa shape index (κ2) is 9.50. The smallest absolute Gasteiger partial charge is 0.279 e. The van der Waals surface area contributed by atoms with Gasteiger partial charge in [-0.05, 0) is 23.6 Å². The van der Waals surface area contributed by atoms with E-state index in [1.54, 1.807) is 23.1 Å². The summed E-state index contributed by atoms with van der Waals surface area (Å²) in [5.41, 5.74) is 3.87. The van der Waals surface area contributed by atoms with Crippen molar-refractivity contribution in [3.05, 3.63) is 65.2 Å². The number of para-hydroxylation sites is 1. The van der Waals surface area contributed by atoms with Crippen molar-refractivity contribution in [2.45, 2.75) is 26.3 Å². The van der Waals surface area contributed by atoms with E-state index in [-0.39, 0.29) is 5.91 Å². The molecule has 0 atom stereocenters. The Kier molecular flexibility index (Phi) is 6.80. The van der Waals surface area contributed by atoms with Crippen LogP contribution < -0.4 is 15.1 Å². The molecule has 0 unspecified atom stereocenters. The van der Waals surface area contributed by atoms with E-state index in [1.807, 2.05) is 6.07 Å². The van der Waals surface area contributed by atoms with Crippen LogP contribution in [0.3, 0.4) is 0 Å². The highest BCUT2D eigenvalue weighted by Crippen LogP contribution is 2.14. The number of hydrogen-bond acceptors (Lipinski definition) is 2. The lowest BCUT2D eigenvalue weighted by Gasteiger charge is -2.29. The van der Waals surface area contributed by atoms with E-state index in [1.165, 1.54) is 16.0 Å². The summed E-state index contributed by atoms with van der Waals surface area (Å²) in [5.74, 6) is 0.547. The first-order valence-corrected chi connectivity index (χ1v) is 10.1. The maximum atomic E-state index is 12.4. The molecule has 28 heavy (non-hydrogen) atoms. The first-order chi connectivity index (χ1) is 13.5. The molecule has 0 aliphatic carbocycles. The van der Waals surface area contributed by atoms with Crippen LogP contribution in [0.15, 0.2) is 48.5 Å². The predicted molar refractivity (Wildman–Crippen MR) is 110 cm³/mol. The minimum atomic E-state index is -0.0228. The Hall–Kier alpha value is -2.68. The van der Waals surface area contributed by atoms with Gasteiger partial charge in [0.05, 0.1) is 11.3 Å². The minimum Gasteiger partial charge on any atom is -0.322 e. The summed E-state index contributed by atoms with van der Waals surface area (Å²) >= 11 is 0. The average molecular weight is 379 g/mol. The molecule has 0 saturated carbocycles. The Balaban J connectivity index is 1.45. The zero-order valence-electron chi connectivity index (χ0n) is 16.8. The SMILES string of the molecule is CC(C)c1ccc(C[NH+]2CC[NH+](CC(=O)Nc3ccccc3C#N)CC2)cc1. The first-order valence-electron chi connectivity index (χ1n) is 10.1. The summed E-state index contributed by atoms with van der Waals surface area (Å²) in [6.45, 7) is 10.1. The lowest BCUT2D eigenvalue weighted by Crippen LogP contribution is -3.28. The van der Waals surface area contributed by atoms with Crippen molar-refractivity contribution in [2.75, 3.05) is 38.0 Å². The summed E-state index contributed by atoms with van der Waals surface area (Å²) < 4.78 is 0. The Morgan fingerprint density at radius 1 is 1.04 bits per heavy atom. The van der Waals surface area contributed by atoms with E-state index in [0.29, 0.717) is 23.7 Å². The highest BCUT2D eigenvalue weighted by atomic mass is 16.2. The molecule has 3 N–H and O–H groups in total. The zero-order valence-corrected chi connectivity index (χ0v) is 16.8. The normalized spacial score (nSPS) is 19.2. The third kappa shape index (κ3) is 5.41. The van der Waals surface area contributed by atoms with Gasteiger partial charge in [0.2, 0.25) is 0 Å². The zero-order chi connectivity index (χ0) is 19.9. The predicted octanol–water partition coefficient (Wildman–Crippen LogP) is 0.604. The fraction of sp³-hybridized carbons (Fsp3) is 0.391. The number of amides is 1. The van der Waals surface area contributed by atoms with Gasteiger partial charge in [-0.15, -0.1) is 0 Å². The fourth-order valence-corrected chi connectivity index (χ4v) is 3.73.